The van der Waals surface area contributed by atoms with E-state index in [1.54, 1.807) is 11.3 Å². The number of halogens is 2. The van der Waals surface area contributed by atoms with Gasteiger partial charge >= 0.3 is 0 Å². The van der Waals surface area contributed by atoms with Crippen LogP contribution in [0.3, 0.4) is 0 Å². The molecule has 1 aliphatic rings. The van der Waals surface area contributed by atoms with Gasteiger partial charge in [0.05, 0.1) is 10.7 Å². The van der Waals surface area contributed by atoms with Crippen molar-refractivity contribution in [3.8, 4) is 0 Å². The molecule has 25 heavy (non-hydrogen) atoms. The number of amides is 1. The van der Waals surface area contributed by atoms with Crippen LogP contribution in [-0.2, 0) is 4.79 Å². The summed E-state index contributed by atoms with van der Waals surface area (Å²) in [5, 5.41) is 3.40. The number of likely N-dealkylation sites (tertiary alicyclic amines) is 1. The average molecular weight is 410 g/mol. The first-order chi connectivity index (χ1) is 11.1. The third-order valence-corrected chi connectivity index (χ3v) is 5.62. The second kappa shape index (κ2) is 12.9. The molecule has 0 bridgehead atoms. The Morgan fingerprint density at radius 2 is 2.04 bits per heavy atom. The van der Waals surface area contributed by atoms with Crippen LogP contribution in [0.4, 0.5) is 0 Å². The van der Waals surface area contributed by atoms with Gasteiger partial charge in [0, 0.05) is 30.8 Å². The number of carbonyl (C=O) groups is 1. The second-order valence-electron chi connectivity index (χ2n) is 6.90. The first-order valence-electron chi connectivity index (χ1n) is 9.05. The summed E-state index contributed by atoms with van der Waals surface area (Å²) in [6, 6.07) is 0. The largest absolute Gasteiger partial charge is 0.342 e. The number of rotatable bonds is 8. The quantitative estimate of drug-likeness (QED) is 0.631. The molecule has 2 rings (SSSR count). The van der Waals surface area contributed by atoms with Gasteiger partial charge in [0.25, 0.3) is 0 Å². The maximum absolute atomic E-state index is 12.4. The van der Waals surface area contributed by atoms with Crippen LogP contribution in [0.25, 0.3) is 0 Å². The number of nitrogens with zero attached hydrogens (tertiary/aromatic N) is 2. The van der Waals surface area contributed by atoms with E-state index in [-0.39, 0.29) is 24.8 Å². The zero-order chi connectivity index (χ0) is 16.7. The van der Waals surface area contributed by atoms with Crippen LogP contribution < -0.4 is 5.73 Å². The Morgan fingerprint density at radius 3 is 2.68 bits per heavy atom. The number of nitrogens with two attached hydrogens (primary N) is 1. The highest BCUT2D eigenvalue weighted by molar-refractivity contribution is 7.09. The molecule has 1 aromatic rings. The van der Waals surface area contributed by atoms with Crippen molar-refractivity contribution < 1.29 is 4.79 Å². The lowest BCUT2D eigenvalue weighted by Crippen LogP contribution is -2.39. The molecule has 2 N–H and O–H groups in total. The van der Waals surface area contributed by atoms with Gasteiger partial charge in [0.15, 0.2) is 0 Å². The van der Waals surface area contributed by atoms with E-state index in [0.29, 0.717) is 24.2 Å². The minimum absolute atomic E-state index is 0. The van der Waals surface area contributed by atoms with Gasteiger partial charge < -0.3 is 10.6 Å². The fraction of sp³-hybridized carbons (Fsp3) is 0.778. The van der Waals surface area contributed by atoms with Gasteiger partial charge in [0.2, 0.25) is 5.91 Å². The second-order valence-corrected chi connectivity index (χ2v) is 7.79. The fourth-order valence-electron chi connectivity index (χ4n) is 3.09. The summed E-state index contributed by atoms with van der Waals surface area (Å²) < 4.78 is 0. The summed E-state index contributed by atoms with van der Waals surface area (Å²) in [5.74, 6) is 1.24. The van der Waals surface area contributed by atoms with Gasteiger partial charge in [-0.05, 0) is 38.1 Å². The first-order valence-corrected chi connectivity index (χ1v) is 9.93. The zero-order valence-electron chi connectivity index (χ0n) is 15.4. The number of thiazole rings is 1. The van der Waals surface area contributed by atoms with Crippen molar-refractivity contribution in [1.29, 1.82) is 0 Å². The molecule has 1 fully saturated rings. The summed E-state index contributed by atoms with van der Waals surface area (Å²) in [7, 11) is 0. The van der Waals surface area contributed by atoms with Crippen molar-refractivity contribution in [1.82, 2.24) is 9.88 Å². The highest BCUT2D eigenvalue weighted by Gasteiger charge is 2.26. The van der Waals surface area contributed by atoms with Crippen molar-refractivity contribution in [2.24, 2.45) is 5.73 Å². The molecule has 1 unspecified atom stereocenters. The van der Waals surface area contributed by atoms with E-state index in [2.05, 4.69) is 24.1 Å². The Kier molecular flexibility index (Phi) is 12.7. The Bertz CT molecular complexity index is 496. The number of hydrogen-bond donors (Lipinski definition) is 1. The fourth-order valence-corrected chi connectivity index (χ4v) is 4.20. The summed E-state index contributed by atoms with van der Waals surface area (Å²) in [6.45, 7) is 6.89. The van der Waals surface area contributed by atoms with Gasteiger partial charge in [-0.3, -0.25) is 4.79 Å². The van der Waals surface area contributed by atoms with Crippen LogP contribution >= 0.6 is 36.2 Å². The molecule has 0 aromatic carbocycles. The van der Waals surface area contributed by atoms with Crippen molar-refractivity contribution in [2.75, 3.05) is 19.6 Å². The maximum atomic E-state index is 12.4. The van der Waals surface area contributed by atoms with Gasteiger partial charge in [-0.1, -0.05) is 26.7 Å². The SMILES string of the molecule is CC(C)c1csc(C2CCCN(C(=O)CCCCCCN)C2)n1.Cl.Cl. The number of piperidine rings is 1. The zero-order valence-corrected chi connectivity index (χ0v) is 17.9. The number of hydrogen-bond acceptors (Lipinski definition) is 4. The molecule has 1 aliphatic heterocycles. The molecule has 0 spiro atoms. The van der Waals surface area contributed by atoms with E-state index in [0.717, 1.165) is 58.2 Å². The minimum Gasteiger partial charge on any atom is -0.342 e. The van der Waals surface area contributed by atoms with Crippen molar-refractivity contribution in [3.05, 3.63) is 16.1 Å². The van der Waals surface area contributed by atoms with Crippen molar-refractivity contribution in [2.45, 2.75) is 70.6 Å². The topological polar surface area (TPSA) is 59.2 Å². The van der Waals surface area contributed by atoms with Crippen LogP contribution in [0.5, 0.6) is 0 Å². The summed E-state index contributed by atoms with van der Waals surface area (Å²) in [4.78, 5) is 19.3. The van der Waals surface area contributed by atoms with Crippen molar-refractivity contribution >= 4 is 42.1 Å². The number of carbonyl (C=O) groups excluding carboxylic acids is 1. The van der Waals surface area contributed by atoms with E-state index >= 15 is 0 Å². The van der Waals surface area contributed by atoms with Gasteiger partial charge in [-0.2, -0.15) is 0 Å². The van der Waals surface area contributed by atoms with E-state index in [4.69, 9.17) is 10.7 Å². The smallest absolute Gasteiger partial charge is 0.222 e. The molecule has 1 aromatic heterocycles. The lowest BCUT2D eigenvalue weighted by molar-refractivity contribution is -0.132. The highest BCUT2D eigenvalue weighted by Crippen LogP contribution is 2.31. The van der Waals surface area contributed by atoms with Crippen molar-refractivity contribution in [3.63, 3.8) is 0 Å². The minimum atomic E-state index is 0. The Labute approximate surface area is 168 Å². The lowest BCUT2D eigenvalue weighted by atomic mass is 9.98. The van der Waals surface area contributed by atoms with Crippen LogP contribution in [0, 0.1) is 0 Å². The summed E-state index contributed by atoms with van der Waals surface area (Å²) in [5.41, 5.74) is 6.69. The Morgan fingerprint density at radius 1 is 1.32 bits per heavy atom. The molecule has 146 valence electrons. The number of aromatic nitrogens is 1. The standard InChI is InChI=1S/C18H31N3OS.2ClH/c1-14(2)16-13-23-18(20-16)15-8-7-11-21(12-15)17(22)9-5-3-4-6-10-19;;/h13-15H,3-12,19H2,1-2H3;2*1H. The van der Waals surface area contributed by atoms with Gasteiger partial charge in [-0.25, -0.2) is 4.98 Å². The molecule has 7 heteroatoms. The predicted molar refractivity (Wildman–Crippen MR) is 111 cm³/mol. The molecule has 1 atom stereocenters. The first kappa shape index (κ1) is 24.6. The van der Waals surface area contributed by atoms with Crippen LogP contribution in [-0.4, -0.2) is 35.4 Å². The molecule has 4 nitrogen and oxygen atoms in total. The molecule has 1 saturated heterocycles. The van der Waals surface area contributed by atoms with Gasteiger partial charge in [-0.15, -0.1) is 36.2 Å². The normalized spacial score (nSPS) is 17.1. The predicted octanol–water partition coefficient (Wildman–Crippen LogP) is 4.73. The summed E-state index contributed by atoms with van der Waals surface area (Å²) in [6.07, 6.45) is 7.27. The third kappa shape index (κ3) is 7.81. The van der Waals surface area contributed by atoms with Crippen LogP contribution in [0.15, 0.2) is 5.38 Å². The molecular formula is C18H33Cl2N3OS. The molecular weight excluding hydrogens is 377 g/mol. The molecule has 0 aliphatic carbocycles. The average Bonchev–Trinajstić information content (AvgIpc) is 3.05. The van der Waals surface area contributed by atoms with E-state index in [1.807, 2.05) is 0 Å². The molecule has 0 saturated carbocycles. The van der Waals surface area contributed by atoms with E-state index < -0.39 is 0 Å². The Balaban J connectivity index is 0.00000288. The van der Waals surface area contributed by atoms with Crippen LogP contribution in [0.1, 0.15) is 81.3 Å². The molecule has 1 amide bonds. The molecule has 0 radical (unpaired) electrons. The third-order valence-electron chi connectivity index (χ3n) is 4.60. The Hall–Kier alpha value is -0.360. The summed E-state index contributed by atoms with van der Waals surface area (Å²) >= 11 is 1.76. The van der Waals surface area contributed by atoms with Crippen LogP contribution in [0.2, 0.25) is 0 Å². The van der Waals surface area contributed by atoms with E-state index in [1.165, 1.54) is 10.7 Å². The van der Waals surface area contributed by atoms with Gasteiger partial charge in [0.1, 0.15) is 0 Å². The molecule has 2 heterocycles. The number of unbranched alkanes of at least 4 members (excludes halogenated alkanes) is 3. The lowest BCUT2D eigenvalue weighted by Gasteiger charge is -2.32. The van der Waals surface area contributed by atoms with E-state index in [9.17, 15) is 4.79 Å². The highest BCUT2D eigenvalue weighted by atomic mass is 35.5. The monoisotopic (exact) mass is 409 g/mol. The maximum Gasteiger partial charge on any atom is 0.222 e.